The molecule has 4 rings (SSSR count). The van der Waals surface area contributed by atoms with Gasteiger partial charge in [-0.25, -0.2) is 4.39 Å². The number of carboxylic acids is 1. The van der Waals surface area contributed by atoms with Crippen molar-refractivity contribution in [3.05, 3.63) is 29.3 Å². The summed E-state index contributed by atoms with van der Waals surface area (Å²) in [6.07, 6.45) is 3.64. The van der Waals surface area contributed by atoms with Crippen LogP contribution in [0.4, 0.5) is 22.0 Å². The van der Waals surface area contributed by atoms with Crippen LogP contribution >= 0.6 is 11.3 Å². The molecular formula is C17H17F5N4O5S2. The van der Waals surface area contributed by atoms with Gasteiger partial charge in [-0.15, -0.1) is 10.2 Å². The van der Waals surface area contributed by atoms with Gasteiger partial charge >= 0.3 is 21.6 Å². The van der Waals surface area contributed by atoms with Crippen LogP contribution in [0.2, 0.25) is 0 Å². The van der Waals surface area contributed by atoms with Gasteiger partial charge in [0.2, 0.25) is 5.82 Å². The smallest absolute Gasteiger partial charge is 0.481 e. The summed E-state index contributed by atoms with van der Waals surface area (Å²) < 4.78 is 88.7. The number of aromatic nitrogens is 2. The van der Waals surface area contributed by atoms with Gasteiger partial charge in [0.1, 0.15) is 5.51 Å². The van der Waals surface area contributed by atoms with Gasteiger partial charge in [-0.1, -0.05) is 11.3 Å². The Hall–Kier alpha value is -2.43. The number of hydrazine groups is 1. The van der Waals surface area contributed by atoms with Crippen molar-refractivity contribution >= 4 is 27.4 Å². The first-order valence-electron chi connectivity index (χ1n) is 9.33. The van der Waals surface area contributed by atoms with Crippen LogP contribution in [0.5, 0.6) is 5.75 Å². The highest BCUT2D eigenvalue weighted by atomic mass is 32.2. The highest BCUT2D eigenvalue weighted by Gasteiger charge is 2.49. The summed E-state index contributed by atoms with van der Waals surface area (Å²) in [4.78, 5) is 10.6. The predicted molar refractivity (Wildman–Crippen MR) is 104 cm³/mol. The predicted octanol–water partition coefficient (Wildman–Crippen LogP) is 2.82. The van der Waals surface area contributed by atoms with E-state index in [2.05, 4.69) is 25.2 Å². The maximum atomic E-state index is 13.7. The molecule has 2 heterocycles. The van der Waals surface area contributed by atoms with Crippen molar-refractivity contribution in [2.24, 2.45) is 5.92 Å². The number of hydrogen-bond donors (Lipinski definition) is 3. The molecule has 1 saturated carbocycles. The summed E-state index contributed by atoms with van der Waals surface area (Å²) in [6.45, 7) is 0.999. The van der Waals surface area contributed by atoms with E-state index in [0.29, 0.717) is 6.07 Å². The van der Waals surface area contributed by atoms with Gasteiger partial charge in [0.15, 0.2) is 16.6 Å². The zero-order valence-corrected chi connectivity index (χ0v) is 18.2. The minimum Gasteiger partial charge on any atom is -0.481 e. The number of hydrogen-bond acceptors (Lipinski definition) is 9. The molecule has 33 heavy (non-hydrogen) atoms. The van der Waals surface area contributed by atoms with Crippen LogP contribution in [-0.2, 0) is 14.9 Å². The van der Waals surface area contributed by atoms with E-state index < -0.39 is 39.0 Å². The van der Waals surface area contributed by atoms with Crippen molar-refractivity contribution in [3.8, 4) is 16.3 Å². The fourth-order valence-corrected chi connectivity index (χ4v) is 4.31. The molecule has 1 spiro atoms. The normalized spacial score (nSPS) is 22.8. The lowest BCUT2D eigenvalue weighted by molar-refractivity contribution is -0.143. The second-order valence-corrected chi connectivity index (χ2v) is 9.71. The van der Waals surface area contributed by atoms with E-state index in [1.54, 1.807) is 0 Å². The van der Waals surface area contributed by atoms with Crippen LogP contribution in [0.1, 0.15) is 25.7 Å². The summed E-state index contributed by atoms with van der Waals surface area (Å²) in [5, 5.41) is 15.6. The monoisotopic (exact) mass is 516 g/mol. The highest BCUT2D eigenvalue weighted by molar-refractivity contribution is 7.88. The van der Waals surface area contributed by atoms with E-state index in [1.165, 1.54) is 5.51 Å². The first kappa shape index (κ1) is 25.2. The van der Waals surface area contributed by atoms with Crippen molar-refractivity contribution in [3.63, 3.8) is 0 Å². The largest absolute Gasteiger partial charge is 0.534 e. The fourth-order valence-electron chi connectivity index (χ4n) is 3.27. The van der Waals surface area contributed by atoms with Crippen LogP contribution in [-0.4, -0.2) is 47.3 Å². The summed E-state index contributed by atoms with van der Waals surface area (Å²) in [6, 6.07) is 1.39. The molecular weight excluding hydrogens is 499 g/mol. The molecule has 0 radical (unpaired) electrons. The number of aliphatic carboxylic acids is 1. The molecule has 1 aromatic heterocycles. The van der Waals surface area contributed by atoms with E-state index in [4.69, 9.17) is 5.11 Å². The second kappa shape index (κ2) is 9.44. The highest BCUT2D eigenvalue weighted by Crippen LogP contribution is 2.34. The summed E-state index contributed by atoms with van der Waals surface area (Å²) in [5.74, 6) is -5.61. The molecule has 1 aliphatic carbocycles. The molecule has 2 fully saturated rings. The Balaban J connectivity index is 0.000000215. The SMILES string of the molecule is O=C(O)C1CCC2(CC1)CNN2.O=S(=O)(Oc1ccc(-c2nncs2)c(F)c1F)C(F)(F)F. The Morgan fingerprint density at radius 3 is 2.30 bits per heavy atom. The van der Waals surface area contributed by atoms with E-state index in [-0.39, 0.29) is 22.0 Å². The lowest BCUT2D eigenvalue weighted by atomic mass is 9.75. The summed E-state index contributed by atoms with van der Waals surface area (Å²) >= 11 is 0.854. The molecule has 16 heteroatoms. The van der Waals surface area contributed by atoms with E-state index in [1.807, 2.05) is 0 Å². The topological polar surface area (TPSA) is 131 Å². The lowest BCUT2D eigenvalue weighted by Gasteiger charge is -2.47. The minimum absolute atomic E-state index is 0.0309. The molecule has 9 nitrogen and oxygen atoms in total. The zero-order valence-electron chi connectivity index (χ0n) is 16.5. The molecule has 0 unspecified atom stereocenters. The van der Waals surface area contributed by atoms with Gasteiger partial charge in [-0.05, 0) is 37.8 Å². The molecule has 1 aliphatic heterocycles. The molecule has 1 saturated heterocycles. The van der Waals surface area contributed by atoms with Gasteiger partial charge < -0.3 is 9.29 Å². The average molecular weight is 516 g/mol. The number of carbonyl (C=O) groups is 1. The Morgan fingerprint density at radius 1 is 1.21 bits per heavy atom. The third-order valence-corrected chi connectivity index (χ3v) is 6.88. The number of halogens is 5. The van der Waals surface area contributed by atoms with Gasteiger partial charge in [0, 0.05) is 12.1 Å². The molecule has 182 valence electrons. The lowest BCUT2D eigenvalue weighted by Crippen LogP contribution is -2.70. The molecule has 0 atom stereocenters. The number of nitrogens with one attached hydrogen (secondary N) is 2. The van der Waals surface area contributed by atoms with Crippen molar-refractivity contribution < 1.29 is 44.5 Å². The second-order valence-electron chi connectivity index (χ2n) is 7.34. The molecule has 0 amide bonds. The Morgan fingerprint density at radius 2 is 1.85 bits per heavy atom. The van der Waals surface area contributed by atoms with E-state index in [0.717, 1.165) is 49.6 Å². The van der Waals surface area contributed by atoms with Crippen molar-refractivity contribution in [1.29, 1.82) is 0 Å². The number of nitrogens with zero attached hydrogens (tertiary/aromatic N) is 2. The molecule has 2 aliphatic rings. The maximum absolute atomic E-state index is 13.7. The van der Waals surface area contributed by atoms with E-state index >= 15 is 0 Å². The van der Waals surface area contributed by atoms with Gasteiger partial charge in [-0.2, -0.15) is 26.0 Å². The number of benzene rings is 1. The molecule has 3 N–H and O–H groups in total. The summed E-state index contributed by atoms with van der Waals surface area (Å²) in [5.41, 5.74) is 1.53. The molecule has 2 aromatic rings. The zero-order chi connectivity index (χ0) is 24.4. The van der Waals surface area contributed by atoms with Crippen LogP contribution in [0.3, 0.4) is 0 Å². The standard InChI is InChI=1S/C9H3F5N2O3S2.C8H14N2O2/c10-6-4(8-16-15-3-20-8)1-2-5(7(6)11)19-21(17,18)9(12,13)14;11-7(12)6-1-3-8(4-2-6)5-9-10-8/h1-3H;6,9-10H,1-5H2,(H,11,12). The maximum Gasteiger partial charge on any atom is 0.534 e. The Kier molecular flexibility index (Phi) is 7.21. The number of rotatable bonds is 4. The Bertz CT molecular complexity index is 1100. The average Bonchev–Trinajstić information content (AvgIpc) is 3.24. The fraction of sp³-hybridized carbons (Fsp3) is 0.471. The van der Waals surface area contributed by atoms with Gasteiger partial charge in [-0.3, -0.25) is 15.6 Å². The number of alkyl halides is 3. The number of carboxylic acid groups (broad SMARTS) is 1. The third-order valence-electron chi connectivity index (χ3n) is 5.19. The van der Waals surface area contributed by atoms with Crippen molar-refractivity contribution in [2.45, 2.75) is 36.7 Å². The molecule has 1 aromatic carbocycles. The van der Waals surface area contributed by atoms with Gasteiger partial charge in [0.05, 0.1) is 11.5 Å². The van der Waals surface area contributed by atoms with Crippen molar-refractivity contribution in [1.82, 2.24) is 21.0 Å². The first-order valence-corrected chi connectivity index (χ1v) is 11.6. The molecule has 0 bridgehead atoms. The quantitative estimate of drug-likeness (QED) is 0.319. The minimum atomic E-state index is -6.09. The van der Waals surface area contributed by atoms with Crippen LogP contribution in [0.25, 0.3) is 10.6 Å². The van der Waals surface area contributed by atoms with Crippen LogP contribution in [0, 0.1) is 17.6 Å². The van der Waals surface area contributed by atoms with Crippen molar-refractivity contribution in [2.75, 3.05) is 6.54 Å². The van der Waals surface area contributed by atoms with E-state index in [9.17, 15) is 35.2 Å². The van der Waals surface area contributed by atoms with Crippen LogP contribution in [0.15, 0.2) is 17.6 Å². The van der Waals surface area contributed by atoms with Gasteiger partial charge in [0.25, 0.3) is 0 Å². The summed E-state index contributed by atoms with van der Waals surface area (Å²) in [7, 11) is -6.09. The Labute approximate surface area is 188 Å². The van der Waals surface area contributed by atoms with Crippen LogP contribution < -0.4 is 15.0 Å². The first-order chi connectivity index (χ1) is 15.4. The third kappa shape index (κ3) is 5.56.